The zero-order valence-electron chi connectivity index (χ0n) is 13.3. The number of carbonyl (C=O) groups excluding carboxylic acids is 2. The highest BCUT2D eigenvalue weighted by Gasteiger charge is 2.29. The van der Waals surface area contributed by atoms with E-state index in [0.717, 1.165) is 0 Å². The molecule has 0 aromatic heterocycles. The van der Waals surface area contributed by atoms with Gasteiger partial charge in [-0.1, -0.05) is 13.8 Å². The fraction of sp³-hybridized carbons (Fsp3) is 0.867. The molecular formula is C15H28O5. The van der Waals surface area contributed by atoms with Gasteiger partial charge in [0.2, 0.25) is 0 Å². The number of carbonyl (C=O) groups is 2. The quantitative estimate of drug-likeness (QED) is 0.548. The summed E-state index contributed by atoms with van der Waals surface area (Å²) in [4.78, 5) is 23.7. The minimum absolute atomic E-state index is 0.00728. The summed E-state index contributed by atoms with van der Waals surface area (Å²) >= 11 is 0. The lowest BCUT2D eigenvalue weighted by molar-refractivity contribution is -0.163. The average Bonchev–Trinajstić information content (AvgIpc) is 2.28. The van der Waals surface area contributed by atoms with E-state index in [0.29, 0.717) is 12.8 Å². The van der Waals surface area contributed by atoms with Crippen LogP contribution in [0.5, 0.6) is 0 Å². The molecule has 0 aromatic rings. The highest BCUT2D eigenvalue weighted by molar-refractivity contribution is 5.80. The molecule has 0 bridgehead atoms. The maximum absolute atomic E-state index is 12.0. The van der Waals surface area contributed by atoms with E-state index in [9.17, 15) is 9.59 Å². The van der Waals surface area contributed by atoms with Crippen molar-refractivity contribution in [2.24, 2.45) is 11.8 Å². The van der Waals surface area contributed by atoms with Crippen molar-refractivity contribution < 1.29 is 24.2 Å². The summed E-state index contributed by atoms with van der Waals surface area (Å²) < 4.78 is 10.4. The van der Waals surface area contributed by atoms with Crippen LogP contribution in [0.3, 0.4) is 0 Å². The predicted octanol–water partition coefficient (Wildman–Crippen LogP) is 2.31. The molecule has 1 N–H and O–H groups in total. The third-order valence-corrected chi connectivity index (χ3v) is 2.71. The van der Waals surface area contributed by atoms with Gasteiger partial charge in [0.1, 0.15) is 5.60 Å². The molecule has 0 amide bonds. The molecule has 5 heteroatoms. The van der Waals surface area contributed by atoms with Crippen molar-refractivity contribution in [1.29, 1.82) is 0 Å². The largest absolute Gasteiger partial charge is 0.465 e. The van der Waals surface area contributed by atoms with Crippen molar-refractivity contribution in [3.63, 3.8) is 0 Å². The Morgan fingerprint density at radius 2 is 1.75 bits per heavy atom. The third-order valence-electron chi connectivity index (χ3n) is 2.71. The maximum Gasteiger partial charge on any atom is 0.309 e. The minimum atomic E-state index is -0.552. The van der Waals surface area contributed by atoms with Crippen LogP contribution in [0.1, 0.15) is 53.9 Å². The van der Waals surface area contributed by atoms with E-state index in [-0.39, 0.29) is 37.5 Å². The second-order valence-electron chi connectivity index (χ2n) is 6.24. The van der Waals surface area contributed by atoms with Gasteiger partial charge in [-0.2, -0.15) is 0 Å². The molecule has 20 heavy (non-hydrogen) atoms. The number of esters is 2. The summed E-state index contributed by atoms with van der Waals surface area (Å²) in [7, 11) is 0. The number of unbranched alkanes of at least 4 members (excludes halogenated alkanes) is 1. The summed E-state index contributed by atoms with van der Waals surface area (Å²) in [6, 6.07) is 0. The highest BCUT2D eigenvalue weighted by Crippen LogP contribution is 2.20. The Hall–Kier alpha value is -1.10. The van der Waals surface area contributed by atoms with Crippen LogP contribution in [0.15, 0.2) is 0 Å². The van der Waals surface area contributed by atoms with Gasteiger partial charge in [0.15, 0.2) is 0 Å². The number of aliphatic hydroxyl groups excluding tert-OH is 1. The van der Waals surface area contributed by atoms with Gasteiger partial charge in [-0.05, 0) is 39.5 Å². The first-order valence-corrected chi connectivity index (χ1v) is 7.16. The molecule has 0 saturated carbocycles. The Balaban J connectivity index is 4.35. The van der Waals surface area contributed by atoms with E-state index in [4.69, 9.17) is 14.6 Å². The van der Waals surface area contributed by atoms with Gasteiger partial charge in [0.05, 0.1) is 18.9 Å². The van der Waals surface area contributed by atoms with E-state index in [1.807, 2.05) is 13.8 Å². The van der Waals surface area contributed by atoms with Gasteiger partial charge in [-0.15, -0.1) is 0 Å². The number of aliphatic hydroxyl groups is 1. The molecule has 0 fully saturated rings. The van der Waals surface area contributed by atoms with Crippen LogP contribution in [-0.4, -0.2) is 35.9 Å². The maximum atomic E-state index is 12.0. The first-order chi connectivity index (χ1) is 9.17. The molecule has 0 saturated heterocycles. The van der Waals surface area contributed by atoms with Crippen molar-refractivity contribution in [3.05, 3.63) is 0 Å². The van der Waals surface area contributed by atoms with E-state index >= 15 is 0 Å². The van der Waals surface area contributed by atoms with Crippen LogP contribution in [-0.2, 0) is 19.1 Å². The zero-order chi connectivity index (χ0) is 15.8. The molecule has 118 valence electrons. The molecule has 1 atom stereocenters. The lowest BCUT2D eigenvalue weighted by Gasteiger charge is -2.23. The lowest BCUT2D eigenvalue weighted by Crippen LogP contribution is -2.30. The highest BCUT2D eigenvalue weighted by atomic mass is 16.6. The second kappa shape index (κ2) is 8.95. The monoisotopic (exact) mass is 288 g/mol. The third kappa shape index (κ3) is 8.91. The Bertz CT molecular complexity index is 304. The fourth-order valence-corrected chi connectivity index (χ4v) is 1.65. The number of hydrogen-bond acceptors (Lipinski definition) is 5. The number of rotatable bonds is 8. The molecule has 0 unspecified atom stereocenters. The van der Waals surface area contributed by atoms with Gasteiger partial charge < -0.3 is 14.6 Å². The SMILES string of the molecule is CC(C)[C@H](CC(=O)OC(C)(C)C)C(=O)OCCCCO. The molecule has 5 nitrogen and oxygen atoms in total. The molecule has 0 aliphatic rings. The van der Waals surface area contributed by atoms with Crippen LogP contribution in [0, 0.1) is 11.8 Å². The van der Waals surface area contributed by atoms with Crippen molar-refractivity contribution in [2.75, 3.05) is 13.2 Å². The van der Waals surface area contributed by atoms with Crippen LogP contribution in [0.25, 0.3) is 0 Å². The normalized spacial score (nSPS) is 13.2. The van der Waals surface area contributed by atoms with Crippen molar-refractivity contribution >= 4 is 11.9 Å². The van der Waals surface area contributed by atoms with Crippen LogP contribution in [0.4, 0.5) is 0 Å². The minimum Gasteiger partial charge on any atom is -0.465 e. The van der Waals surface area contributed by atoms with Crippen molar-refractivity contribution in [1.82, 2.24) is 0 Å². The molecule has 0 rings (SSSR count). The van der Waals surface area contributed by atoms with Gasteiger partial charge in [0, 0.05) is 6.61 Å². The Kier molecular flexibility index (Phi) is 8.46. The molecule has 0 aliphatic heterocycles. The summed E-state index contributed by atoms with van der Waals surface area (Å²) in [5, 5.41) is 8.65. The first kappa shape index (κ1) is 18.9. The average molecular weight is 288 g/mol. The van der Waals surface area contributed by atoms with E-state index < -0.39 is 11.5 Å². The standard InChI is InChI=1S/C15H28O5/c1-11(2)12(10-13(17)20-15(3,4)5)14(18)19-9-7-6-8-16/h11-12,16H,6-10H2,1-5H3/t12-/m0/s1. The molecule has 0 aromatic carbocycles. The second-order valence-corrected chi connectivity index (χ2v) is 6.24. The fourth-order valence-electron chi connectivity index (χ4n) is 1.65. The number of hydrogen-bond donors (Lipinski definition) is 1. The van der Waals surface area contributed by atoms with Crippen molar-refractivity contribution in [2.45, 2.75) is 59.5 Å². The summed E-state index contributed by atoms with van der Waals surface area (Å²) in [5.41, 5.74) is -0.552. The summed E-state index contributed by atoms with van der Waals surface area (Å²) in [6.45, 7) is 9.50. The van der Waals surface area contributed by atoms with Crippen LogP contribution < -0.4 is 0 Å². The van der Waals surface area contributed by atoms with Gasteiger partial charge >= 0.3 is 11.9 Å². The van der Waals surface area contributed by atoms with Crippen LogP contribution >= 0.6 is 0 Å². The molecule has 0 spiro atoms. The van der Waals surface area contributed by atoms with Gasteiger partial charge in [-0.25, -0.2) is 0 Å². The summed E-state index contributed by atoms with van der Waals surface area (Å²) in [6.07, 6.45) is 1.26. The lowest BCUT2D eigenvalue weighted by atomic mass is 9.92. The van der Waals surface area contributed by atoms with E-state index in [1.165, 1.54) is 0 Å². The van der Waals surface area contributed by atoms with Crippen LogP contribution in [0.2, 0.25) is 0 Å². The molecule has 0 aliphatic carbocycles. The summed E-state index contributed by atoms with van der Waals surface area (Å²) in [5.74, 6) is -1.24. The predicted molar refractivity (Wildman–Crippen MR) is 76.1 cm³/mol. The van der Waals surface area contributed by atoms with Gasteiger partial charge in [-0.3, -0.25) is 9.59 Å². The Morgan fingerprint density at radius 1 is 1.15 bits per heavy atom. The molecular weight excluding hydrogens is 260 g/mol. The molecule has 0 heterocycles. The topological polar surface area (TPSA) is 72.8 Å². The molecule has 0 radical (unpaired) electrons. The van der Waals surface area contributed by atoms with Gasteiger partial charge in [0.25, 0.3) is 0 Å². The first-order valence-electron chi connectivity index (χ1n) is 7.16. The smallest absolute Gasteiger partial charge is 0.309 e. The van der Waals surface area contributed by atoms with E-state index in [1.54, 1.807) is 20.8 Å². The Labute approximate surface area is 121 Å². The van der Waals surface area contributed by atoms with Crippen molar-refractivity contribution in [3.8, 4) is 0 Å². The Morgan fingerprint density at radius 3 is 2.20 bits per heavy atom. The number of ether oxygens (including phenoxy) is 2. The zero-order valence-corrected chi connectivity index (χ0v) is 13.3. The van der Waals surface area contributed by atoms with E-state index in [2.05, 4.69) is 0 Å².